The van der Waals surface area contributed by atoms with Crippen LogP contribution in [0.25, 0.3) is 0 Å². The lowest BCUT2D eigenvalue weighted by atomic mass is 10.1. The first-order valence-corrected chi connectivity index (χ1v) is 3.78. The van der Waals surface area contributed by atoms with E-state index in [2.05, 4.69) is 16.1 Å². The van der Waals surface area contributed by atoms with Crippen LogP contribution in [0.15, 0.2) is 12.7 Å². The van der Waals surface area contributed by atoms with Gasteiger partial charge in [0, 0.05) is 18.9 Å². The number of halogens is 1. The molecule has 0 aromatic rings. The SMILES string of the molecule is C=CC(=O)OCCC1(F)CCO1. The number of hydrogen-bond acceptors (Lipinski definition) is 3. The van der Waals surface area contributed by atoms with Crippen LogP contribution in [0.1, 0.15) is 12.8 Å². The van der Waals surface area contributed by atoms with Gasteiger partial charge in [-0.25, -0.2) is 9.18 Å². The van der Waals surface area contributed by atoms with E-state index < -0.39 is 11.8 Å². The molecular weight excluding hydrogens is 163 g/mol. The predicted molar refractivity (Wildman–Crippen MR) is 40.2 cm³/mol. The van der Waals surface area contributed by atoms with E-state index in [4.69, 9.17) is 0 Å². The van der Waals surface area contributed by atoms with Crippen LogP contribution in [0.2, 0.25) is 0 Å². The molecule has 1 aliphatic rings. The molecule has 0 saturated carbocycles. The van der Waals surface area contributed by atoms with E-state index in [0.29, 0.717) is 13.0 Å². The molecule has 0 radical (unpaired) electrons. The highest BCUT2D eigenvalue weighted by Gasteiger charge is 2.38. The van der Waals surface area contributed by atoms with Crippen LogP contribution in [-0.2, 0) is 14.3 Å². The largest absolute Gasteiger partial charge is 0.462 e. The van der Waals surface area contributed by atoms with Gasteiger partial charge in [-0.1, -0.05) is 6.58 Å². The minimum absolute atomic E-state index is 0.0430. The zero-order valence-corrected chi connectivity index (χ0v) is 6.72. The number of rotatable bonds is 4. The molecule has 0 spiro atoms. The van der Waals surface area contributed by atoms with E-state index >= 15 is 0 Å². The summed E-state index contributed by atoms with van der Waals surface area (Å²) in [5.74, 6) is -2.08. The molecule has 1 heterocycles. The Kier molecular flexibility index (Phi) is 2.81. The number of ether oxygens (including phenoxy) is 2. The van der Waals surface area contributed by atoms with Gasteiger partial charge < -0.3 is 9.47 Å². The molecule has 1 rings (SSSR count). The Labute approximate surface area is 70.2 Å². The first kappa shape index (κ1) is 9.19. The second-order valence-electron chi connectivity index (χ2n) is 2.60. The van der Waals surface area contributed by atoms with Gasteiger partial charge >= 0.3 is 5.97 Å². The van der Waals surface area contributed by atoms with Crippen molar-refractivity contribution < 1.29 is 18.7 Å². The number of hydrogen-bond donors (Lipinski definition) is 0. The summed E-state index contributed by atoms with van der Waals surface area (Å²) in [4.78, 5) is 10.5. The first-order valence-electron chi connectivity index (χ1n) is 3.78. The third kappa shape index (κ3) is 2.30. The lowest BCUT2D eigenvalue weighted by Gasteiger charge is -2.33. The van der Waals surface area contributed by atoms with Crippen LogP contribution < -0.4 is 0 Å². The molecule has 1 fully saturated rings. The van der Waals surface area contributed by atoms with E-state index in [1.165, 1.54) is 0 Å². The monoisotopic (exact) mass is 174 g/mol. The van der Waals surface area contributed by atoms with Crippen LogP contribution in [0.5, 0.6) is 0 Å². The highest BCUT2D eigenvalue weighted by molar-refractivity contribution is 5.81. The zero-order chi connectivity index (χ0) is 9.03. The van der Waals surface area contributed by atoms with Crippen molar-refractivity contribution in [1.82, 2.24) is 0 Å². The number of carbonyl (C=O) groups excluding carboxylic acids is 1. The maximum Gasteiger partial charge on any atom is 0.330 e. The molecule has 1 atom stereocenters. The minimum atomic E-state index is -1.55. The third-order valence-corrected chi connectivity index (χ3v) is 1.72. The molecule has 0 N–H and O–H groups in total. The summed E-state index contributed by atoms with van der Waals surface area (Å²) in [6.45, 7) is 3.70. The van der Waals surface area contributed by atoms with Crippen LogP contribution in [0, 0.1) is 0 Å². The average molecular weight is 174 g/mol. The fraction of sp³-hybridized carbons (Fsp3) is 0.625. The third-order valence-electron chi connectivity index (χ3n) is 1.72. The van der Waals surface area contributed by atoms with Gasteiger partial charge in [0.2, 0.25) is 5.85 Å². The molecular formula is C8H11FO3. The quantitative estimate of drug-likeness (QED) is 0.474. The van der Waals surface area contributed by atoms with Gasteiger partial charge in [0.1, 0.15) is 0 Å². The van der Waals surface area contributed by atoms with Gasteiger partial charge in [0.25, 0.3) is 0 Å². The molecule has 0 aromatic carbocycles. The van der Waals surface area contributed by atoms with Crippen LogP contribution in [-0.4, -0.2) is 25.0 Å². The molecule has 0 aliphatic carbocycles. The van der Waals surface area contributed by atoms with E-state index in [1.54, 1.807) is 0 Å². The molecule has 0 amide bonds. The fourth-order valence-electron chi connectivity index (χ4n) is 0.884. The fourth-order valence-corrected chi connectivity index (χ4v) is 0.884. The Morgan fingerprint density at radius 3 is 2.92 bits per heavy atom. The molecule has 68 valence electrons. The molecule has 1 aliphatic heterocycles. The minimum Gasteiger partial charge on any atom is -0.462 e. The predicted octanol–water partition coefficient (Wildman–Crippen LogP) is 1.19. The van der Waals surface area contributed by atoms with Gasteiger partial charge in [0.15, 0.2) is 0 Å². The smallest absolute Gasteiger partial charge is 0.330 e. The second-order valence-corrected chi connectivity index (χ2v) is 2.60. The van der Waals surface area contributed by atoms with Crippen molar-refractivity contribution in [2.24, 2.45) is 0 Å². The number of esters is 1. The molecule has 0 aromatic heterocycles. The standard InChI is InChI=1S/C8H11FO3/c1-2-7(10)11-5-3-8(9)4-6-12-8/h2H,1,3-6H2. The van der Waals surface area contributed by atoms with Crippen LogP contribution >= 0.6 is 0 Å². The summed E-state index contributed by atoms with van der Waals surface area (Å²) in [5, 5.41) is 0. The summed E-state index contributed by atoms with van der Waals surface area (Å²) in [6.07, 6.45) is 1.54. The Balaban J connectivity index is 2.09. The highest BCUT2D eigenvalue weighted by Crippen LogP contribution is 2.31. The van der Waals surface area contributed by atoms with E-state index in [9.17, 15) is 9.18 Å². The van der Waals surface area contributed by atoms with Gasteiger partial charge in [0.05, 0.1) is 13.2 Å². The summed E-state index contributed by atoms with van der Waals surface area (Å²) in [7, 11) is 0. The van der Waals surface area contributed by atoms with Crippen molar-refractivity contribution in [3.05, 3.63) is 12.7 Å². The molecule has 3 nitrogen and oxygen atoms in total. The van der Waals surface area contributed by atoms with Crippen molar-refractivity contribution in [2.75, 3.05) is 13.2 Å². The van der Waals surface area contributed by atoms with E-state index in [0.717, 1.165) is 6.08 Å². The Hall–Kier alpha value is -0.900. The maximum absolute atomic E-state index is 13.0. The highest BCUT2D eigenvalue weighted by atomic mass is 19.2. The van der Waals surface area contributed by atoms with Crippen molar-refractivity contribution >= 4 is 5.97 Å². The van der Waals surface area contributed by atoms with E-state index in [1.807, 2.05) is 0 Å². The van der Waals surface area contributed by atoms with E-state index in [-0.39, 0.29) is 13.0 Å². The summed E-state index contributed by atoms with van der Waals surface area (Å²) >= 11 is 0. The van der Waals surface area contributed by atoms with Crippen LogP contribution in [0.3, 0.4) is 0 Å². The maximum atomic E-state index is 13.0. The van der Waals surface area contributed by atoms with Gasteiger partial charge in [-0.3, -0.25) is 0 Å². The van der Waals surface area contributed by atoms with Crippen molar-refractivity contribution in [3.8, 4) is 0 Å². The zero-order valence-electron chi connectivity index (χ0n) is 6.72. The van der Waals surface area contributed by atoms with Crippen LogP contribution in [0.4, 0.5) is 4.39 Å². The Morgan fingerprint density at radius 1 is 1.83 bits per heavy atom. The van der Waals surface area contributed by atoms with Gasteiger partial charge in [-0.05, 0) is 0 Å². The molecule has 12 heavy (non-hydrogen) atoms. The molecule has 0 bridgehead atoms. The van der Waals surface area contributed by atoms with Gasteiger partial charge in [-0.15, -0.1) is 0 Å². The number of carbonyl (C=O) groups is 1. The summed E-state index contributed by atoms with van der Waals surface area (Å²) in [6, 6.07) is 0. The van der Waals surface area contributed by atoms with Crippen molar-refractivity contribution in [3.63, 3.8) is 0 Å². The first-order chi connectivity index (χ1) is 5.66. The Morgan fingerprint density at radius 2 is 2.50 bits per heavy atom. The molecule has 4 heteroatoms. The number of alkyl halides is 1. The van der Waals surface area contributed by atoms with Crippen molar-refractivity contribution in [1.29, 1.82) is 0 Å². The summed E-state index contributed by atoms with van der Waals surface area (Å²) in [5.41, 5.74) is 0. The molecule has 1 unspecified atom stereocenters. The van der Waals surface area contributed by atoms with Gasteiger partial charge in [-0.2, -0.15) is 0 Å². The normalized spacial score (nSPS) is 27.4. The molecule has 1 saturated heterocycles. The Bertz CT molecular complexity index is 187. The lowest BCUT2D eigenvalue weighted by Crippen LogP contribution is -2.40. The van der Waals surface area contributed by atoms with Crippen molar-refractivity contribution in [2.45, 2.75) is 18.7 Å². The summed E-state index contributed by atoms with van der Waals surface area (Å²) < 4.78 is 22.3. The average Bonchev–Trinajstić information content (AvgIpc) is 2.01. The lowest BCUT2D eigenvalue weighted by molar-refractivity contribution is -0.240. The topological polar surface area (TPSA) is 35.5 Å². The second kappa shape index (κ2) is 3.67.